The summed E-state index contributed by atoms with van der Waals surface area (Å²) < 4.78 is 10.8. The van der Waals surface area contributed by atoms with E-state index in [1.807, 2.05) is 18.2 Å². The number of amides is 1. The molecule has 0 radical (unpaired) electrons. The monoisotopic (exact) mass is 361 g/mol. The highest BCUT2D eigenvalue weighted by Crippen LogP contribution is 2.36. The van der Waals surface area contributed by atoms with Crippen molar-refractivity contribution >= 4 is 17.5 Å². The van der Waals surface area contributed by atoms with Crippen molar-refractivity contribution in [3.63, 3.8) is 0 Å². The molecule has 0 saturated carbocycles. The van der Waals surface area contributed by atoms with Gasteiger partial charge >= 0.3 is 0 Å². The quantitative estimate of drug-likeness (QED) is 0.902. The second kappa shape index (κ2) is 7.23. The van der Waals surface area contributed by atoms with Crippen molar-refractivity contribution in [3.05, 3.63) is 52.5 Å². The minimum Gasteiger partial charge on any atom is -0.506 e. The molecule has 1 fully saturated rings. The normalized spacial score (nSPS) is 16.8. The Hall–Kier alpha value is -2.40. The lowest BCUT2D eigenvalue weighted by Gasteiger charge is -2.19. The Kier molecular flexibility index (Phi) is 5.04. The van der Waals surface area contributed by atoms with Gasteiger partial charge in [-0.2, -0.15) is 0 Å². The van der Waals surface area contributed by atoms with Crippen molar-refractivity contribution in [1.29, 1.82) is 0 Å². The Balaban J connectivity index is 1.79. The van der Waals surface area contributed by atoms with Crippen LogP contribution in [0, 0.1) is 0 Å². The largest absolute Gasteiger partial charge is 0.506 e. The van der Waals surface area contributed by atoms with Gasteiger partial charge in [0.15, 0.2) is 0 Å². The first-order chi connectivity index (χ1) is 12.0. The molecule has 2 aromatic carbocycles. The zero-order valence-electron chi connectivity index (χ0n) is 14.2. The fourth-order valence-corrected chi connectivity index (χ4v) is 3.36. The van der Waals surface area contributed by atoms with Gasteiger partial charge in [0, 0.05) is 30.1 Å². The SMILES string of the molecule is COc1ccc(OC)c(C2CCN(C(=O)c3ccc(O)c(Cl)c3)C2)c1. The summed E-state index contributed by atoms with van der Waals surface area (Å²) in [6, 6.07) is 10.2. The number of hydrogen-bond donors (Lipinski definition) is 1. The van der Waals surface area contributed by atoms with E-state index in [2.05, 4.69) is 0 Å². The number of halogens is 1. The molecule has 5 nitrogen and oxygen atoms in total. The highest BCUT2D eigenvalue weighted by molar-refractivity contribution is 6.32. The van der Waals surface area contributed by atoms with Crippen LogP contribution in [0.5, 0.6) is 17.2 Å². The number of ether oxygens (including phenoxy) is 2. The van der Waals surface area contributed by atoms with E-state index >= 15 is 0 Å². The van der Waals surface area contributed by atoms with Crippen LogP contribution in [0.15, 0.2) is 36.4 Å². The maximum Gasteiger partial charge on any atom is 0.253 e. The summed E-state index contributed by atoms with van der Waals surface area (Å²) in [4.78, 5) is 14.5. The van der Waals surface area contributed by atoms with Crippen molar-refractivity contribution in [2.75, 3.05) is 27.3 Å². The third-order valence-electron chi connectivity index (χ3n) is 4.55. The lowest BCUT2D eigenvalue weighted by atomic mass is 9.97. The number of methoxy groups -OCH3 is 2. The molecule has 132 valence electrons. The van der Waals surface area contributed by atoms with Gasteiger partial charge in [-0.15, -0.1) is 0 Å². The highest BCUT2D eigenvalue weighted by Gasteiger charge is 2.30. The number of hydrogen-bond acceptors (Lipinski definition) is 4. The zero-order valence-corrected chi connectivity index (χ0v) is 14.9. The van der Waals surface area contributed by atoms with Crippen LogP contribution in [0.25, 0.3) is 0 Å². The molecule has 6 heteroatoms. The number of carbonyl (C=O) groups is 1. The smallest absolute Gasteiger partial charge is 0.253 e. The average molecular weight is 362 g/mol. The van der Waals surface area contributed by atoms with Gasteiger partial charge in [-0.05, 0) is 42.8 Å². The first-order valence-corrected chi connectivity index (χ1v) is 8.41. The van der Waals surface area contributed by atoms with Gasteiger partial charge in [0.1, 0.15) is 17.2 Å². The summed E-state index contributed by atoms with van der Waals surface area (Å²) in [7, 11) is 3.27. The molecule has 0 bridgehead atoms. The summed E-state index contributed by atoms with van der Waals surface area (Å²) >= 11 is 5.91. The standard InChI is InChI=1S/C19H20ClNO4/c1-24-14-4-6-18(25-2)15(10-14)13-7-8-21(11-13)19(23)12-3-5-17(22)16(20)9-12/h3-6,9-10,13,22H,7-8,11H2,1-2H3. The van der Waals surface area contributed by atoms with Crippen LogP contribution < -0.4 is 9.47 Å². The van der Waals surface area contributed by atoms with Crippen LogP contribution in [0.4, 0.5) is 0 Å². The highest BCUT2D eigenvalue weighted by atomic mass is 35.5. The van der Waals surface area contributed by atoms with E-state index in [9.17, 15) is 9.90 Å². The molecule has 0 spiro atoms. The van der Waals surface area contributed by atoms with E-state index in [0.717, 1.165) is 23.5 Å². The molecule has 2 aromatic rings. The van der Waals surface area contributed by atoms with Crippen LogP contribution in [-0.4, -0.2) is 43.2 Å². The number of rotatable bonds is 4. The van der Waals surface area contributed by atoms with Crippen LogP contribution in [0.3, 0.4) is 0 Å². The lowest BCUT2D eigenvalue weighted by Crippen LogP contribution is -2.28. The van der Waals surface area contributed by atoms with E-state index < -0.39 is 0 Å². The second-order valence-electron chi connectivity index (χ2n) is 6.01. The van der Waals surface area contributed by atoms with Crippen molar-refractivity contribution in [3.8, 4) is 17.2 Å². The molecule has 1 atom stereocenters. The molecule has 1 amide bonds. The van der Waals surface area contributed by atoms with Gasteiger partial charge in [-0.1, -0.05) is 11.6 Å². The van der Waals surface area contributed by atoms with Gasteiger partial charge in [0.2, 0.25) is 0 Å². The Labute approximate surface area is 151 Å². The summed E-state index contributed by atoms with van der Waals surface area (Å²) in [5.41, 5.74) is 1.52. The van der Waals surface area contributed by atoms with E-state index in [1.54, 1.807) is 25.2 Å². The van der Waals surface area contributed by atoms with Gasteiger partial charge in [0.05, 0.1) is 19.2 Å². The molecule has 0 aliphatic carbocycles. The fourth-order valence-electron chi connectivity index (χ4n) is 3.18. The van der Waals surface area contributed by atoms with E-state index in [4.69, 9.17) is 21.1 Å². The van der Waals surface area contributed by atoms with E-state index in [1.165, 1.54) is 12.1 Å². The van der Waals surface area contributed by atoms with Gasteiger partial charge in [0.25, 0.3) is 5.91 Å². The van der Waals surface area contributed by atoms with Crippen LogP contribution in [-0.2, 0) is 0 Å². The summed E-state index contributed by atoms with van der Waals surface area (Å²) in [6.07, 6.45) is 0.848. The average Bonchev–Trinajstić information content (AvgIpc) is 3.12. The third kappa shape index (κ3) is 3.51. The maximum absolute atomic E-state index is 12.7. The number of likely N-dealkylation sites (tertiary alicyclic amines) is 1. The molecule has 1 unspecified atom stereocenters. The molecule has 1 heterocycles. The van der Waals surface area contributed by atoms with Crippen LogP contribution >= 0.6 is 11.6 Å². The van der Waals surface area contributed by atoms with Crippen molar-refractivity contribution in [1.82, 2.24) is 4.90 Å². The van der Waals surface area contributed by atoms with Crippen molar-refractivity contribution < 1.29 is 19.4 Å². The first kappa shape index (κ1) is 17.4. The number of nitrogens with zero attached hydrogens (tertiary/aromatic N) is 1. The predicted molar refractivity (Wildman–Crippen MR) is 95.9 cm³/mol. The molecule has 3 rings (SSSR count). The molecular formula is C19H20ClNO4. The first-order valence-electron chi connectivity index (χ1n) is 8.03. The van der Waals surface area contributed by atoms with Crippen molar-refractivity contribution in [2.24, 2.45) is 0 Å². The fraction of sp³-hybridized carbons (Fsp3) is 0.316. The number of phenolic OH excluding ortho intramolecular Hbond substituents is 1. The second-order valence-corrected chi connectivity index (χ2v) is 6.42. The van der Waals surface area contributed by atoms with E-state index in [-0.39, 0.29) is 22.6 Å². The van der Waals surface area contributed by atoms with E-state index in [0.29, 0.717) is 18.7 Å². The number of benzene rings is 2. The van der Waals surface area contributed by atoms with Gasteiger partial charge in [-0.25, -0.2) is 0 Å². The Morgan fingerprint density at radius 3 is 2.68 bits per heavy atom. The summed E-state index contributed by atoms with van der Waals surface area (Å²) in [5.74, 6) is 1.63. The molecule has 1 aliphatic rings. The van der Waals surface area contributed by atoms with Gasteiger partial charge < -0.3 is 19.5 Å². The Bertz CT molecular complexity index is 793. The van der Waals surface area contributed by atoms with Crippen molar-refractivity contribution in [2.45, 2.75) is 12.3 Å². The lowest BCUT2D eigenvalue weighted by molar-refractivity contribution is 0.0790. The van der Waals surface area contributed by atoms with Crippen LogP contribution in [0.2, 0.25) is 5.02 Å². The predicted octanol–water partition coefficient (Wildman–Crippen LogP) is 3.69. The number of aromatic hydroxyl groups is 1. The molecule has 1 aliphatic heterocycles. The molecular weight excluding hydrogens is 342 g/mol. The Morgan fingerprint density at radius 1 is 1.20 bits per heavy atom. The molecule has 1 saturated heterocycles. The van der Waals surface area contributed by atoms with Gasteiger partial charge in [-0.3, -0.25) is 4.79 Å². The topological polar surface area (TPSA) is 59.0 Å². The minimum atomic E-state index is -0.0914. The molecule has 1 N–H and O–H groups in total. The number of carbonyl (C=O) groups excluding carboxylic acids is 1. The Morgan fingerprint density at radius 2 is 2.00 bits per heavy atom. The molecule has 0 aromatic heterocycles. The zero-order chi connectivity index (χ0) is 18.0. The molecule has 25 heavy (non-hydrogen) atoms. The third-order valence-corrected chi connectivity index (χ3v) is 4.85. The maximum atomic E-state index is 12.7. The minimum absolute atomic E-state index is 0.0290. The number of phenols is 1. The summed E-state index contributed by atoms with van der Waals surface area (Å²) in [5, 5.41) is 9.68. The van der Waals surface area contributed by atoms with Crippen LogP contribution in [0.1, 0.15) is 28.3 Å². The summed E-state index contributed by atoms with van der Waals surface area (Å²) in [6.45, 7) is 1.25.